The molecule has 0 heterocycles. The van der Waals surface area contributed by atoms with Crippen LogP contribution < -0.4 is 10.6 Å². The van der Waals surface area contributed by atoms with Crippen molar-refractivity contribution in [1.29, 1.82) is 0 Å². The van der Waals surface area contributed by atoms with Gasteiger partial charge in [-0.15, -0.1) is 0 Å². The summed E-state index contributed by atoms with van der Waals surface area (Å²) in [6.07, 6.45) is 1.04. The summed E-state index contributed by atoms with van der Waals surface area (Å²) in [6.45, 7) is 0.360. The Morgan fingerprint density at radius 2 is 1.72 bits per heavy atom. The maximum Gasteiger partial charge on any atom is 0.255 e. The highest BCUT2D eigenvalue weighted by Crippen LogP contribution is 2.17. The number of nitrogens with one attached hydrogen (secondary N) is 2. The molecule has 3 aromatic rings. The number of hydrogen-bond donors (Lipinski definition) is 2. The first kappa shape index (κ1) is 20.7. The summed E-state index contributed by atoms with van der Waals surface area (Å²) in [5.41, 5.74) is 2.77. The first-order valence-electron chi connectivity index (χ1n) is 9.17. The van der Waals surface area contributed by atoms with Crippen LogP contribution in [-0.4, -0.2) is 11.8 Å². The molecule has 0 saturated carbocycles. The highest BCUT2D eigenvalue weighted by molar-refractivity contribution is 9.10. The monoisotopic (exact) mass is 454 g/mol. The average Bonchev–Trinajstić information content (AvgIpc) is 2.72. The van der Waals surface area contributed by atoms with Crippen molar-refractivity contribution in [2.45, 2.75) is 19.4 Å². The molecule has 0 aromatic heterocycles. The van der Waals surface area contributed by atoms with E-state index in [2.05, 4.69) is 26.6 Å². The summed E-state index contributed by atoms with van der Waals surface area (Å²) in [4.78, 5) is 24.4. The van der Waals surface area contributed by atoms with Gasteiger partial charge in [0.2, 0.25) is 5.91 Å². The fourth-order valence-corrected chi connectivity index (χ4v) is 3.31. The lowest BCUT2D eigenvalue weighted by molar-refractivity contribution is -0.121. The smallest absolute Gasteiger partial charge is 0.255 e. The molecule has 0 radical (unpaired) electrons. The lowest BCUT2D eigenvalue weighted by Gasteiger charge is -2.09. The van der Waals surface area contributed by atoms with Gasteiger partial charge in [0.05, 0.1) is 0 Å². The van der Waals surface area contributed by atoms with E-state index in [0.717, 1.165) is 15.6 Å². The number of carbonyl (C=O) groups excluding carboxylic acids is 2. The number of carbonyl (C=O) groups is 2. The summed E-state index contributed by atoms with van der Waals surface area (Å²) >= 11 is 3.48. The van der Waals surface area contributed by atoms with Gasteiger partial charge in [-0.2, -0.15) is 0 Å². The van der Waals surface area contributed by atoms with E-state index < -0.39 is 5.82 Å². The van der Waals surface area contributed by atoms with Crippen LogP contribution in [0.4, 0.5) is 10.1 Å². The van der Waals surface area contributed by atoms with E-state index in [0.29, 0.717) is 25.1 Å². The Morgan fingerprint density at radius 1 is 0.931 bits per heavy atom. The first-order valence-corrected chi connectivity index (χ1v) is 9.96. The van der Waals surface area contributed by atoms with Gasteiger partial charge in [0, 0.05) is 28.7 Å². The Labute approximate surface area is 177 Å². The third-order valence-electron chi connectivity index (χ3n) is 4.34. The predicted molar refractivity (Wildman–Crippen MR) is 115 cm³/mol. The Kier molecular flexibility index (Phi) is 7.14. The minimum atomic E-state index is -0.461. The second-order valence-corrected chi connectivity index (χ2v) is 7.39. The van der Waals surface area contributed by atoms with Gasteiger partial charge in [-0.25, -0.2) is 4.39 Å². The van der Waals surface area contributed by atoms with Crippen molar-refractivity contribution in [2.75, 3.05) is 5.32 Å². The molecule has 2 N–H and O–H groups in total. The molecule has 29 heavy (non-hydrogen) atoms. The van der Waals surface area contributed by atoms with E-state index in [9.17, 15) is 14.0 Å². The molecule has 2 amide bonds. The Morgan fingerprint density at radius 3 is 2.52 bits per heavy atom. The number of hydrogen-bond acceptors (Lipinski definition) is 2. The molecule has 3 aromatic carbocycles. The number of halogens is 2. The Hall–Kier alpha value is -2.99. The molecule has 0 spiro atoms. The van der Waals surface area contributed by atoms with Crippen LogP contribution in [0.1, 0.15) is 27.9 Å². The summed E-state index contributed by atoms with van der Waals surface area (Å²) in [5, 5.41) is 5.63. The molecule has 4 nitrogen and oxygen atoms in total. The summed E-state index contributed by atoms with van der Waals surface area (Å²) in [6, 6.07) is 20.5. The molecule has 0 aliphatic rings. The SMILES string of the molecule is O=C(CCc1ccccc1Br)NCc1cccc(NC(=O)c2cccc(F)c2)c1. The van der Waals surface area contributed by atoms with E-state index in [1.165, 1.54) is 18.2 Å². The third-order valence-corrected chi connectivity index (χ3v) is 5.11. The van der Waals surface area contributed by atoms with Crippen LogP contribution in [0.25, 0.3) is 0 Å². The van der Waals surface area contributed by atoms with Crippen LogP contribution in [0.3, 0.4) is 0 Å². The lowest BCUT2D eigenvalue weighted by Crippen LogP contribution is -2.23. The molecule has 0 aliphatic heterocycles. The van der Waals surface area contributed by atoms with Gasteiger partial charge in [0.15, 0.2) is 0 Å². The van der Waals surface area contributed by atoms with Crippen LogP contribution in [0.15, 0.2) is 77.3 Å². The Balaban J connectivity index is 1.52. The number of anilines is 1. The number of rotatable bonds is 7. The summed E-state index contributed by atoms with van der Waals surface area (Å²) in [7, 11) is 0. The van der Waals surface area contributed by atoms with Crippen molar-refractivity contribution in [1.82, 2.24) is 5.32 Å². The summed E-state index contributed by atoms with van der Waals surface area (Å²) < 4.78 is 14.3. The van der Waals surface area contributed by atoms with E-state index in [1.54, 1.807) is 24.3 Å². The predicted octanol–water partition coefficient (Wildman–Crippen LogP) is 5.09. The van der Waals surface area contributed by atoms with Gasteiger partial charge in [0.1, 0.15) is 5.82 Å². The zero-order valence-electron chi connectivity index (χ0n) is 15.6. The second kappa shape index (κ2) is 9.98. The van der Waals surface area contributed by atoms with E-state index in [4.69, 9.17) is 0 Å². The quantitative estimate of drug-likeness (QED) is 0.522. The van der Waals surface area contributed by atoms with Gasteiger partial charge in [-0.1, -0.05) is 52.3 Å². The van der Waals surface area contributed by atoms with Gasteiger partial charge >= 0.3 is 0 Å². The van der Waals surface area contributed by atoms with Gasteiger partial charge in [-0.3, -0.25) is 9.59 Å². The minimum absolute atomic E-state index is 0.0463. The van der Waals surface area contributed by atoms with Crippen LogP contribution in [-0.2, 0) is 17.8 Å². The molecular formula is C23H20BrFN2O2. The number of benzene rings is 3. The van der Waals surface area contributed by atoms with Crippen molar-refractivity contribution in [3.05, 3.63) is 99.8 Å². The van der Waals surface area contributed by atoms with E-state index in [-0.39, 0.29) is 17.4 Å². The largest absolute Gasteiger partial charge is 0.352 e. The fourth-order valence-electron chi connectivity index (χ4n) is 2.83. The van der Waals surface area contributed by atoms with Crippen molar-refractivity contribution in [3.63, 3.8) is 0 Å². The average molecular weight is 455 g/mol. The second-order valence-electron chi connectivity index (χ2n) is 6.53. The van der Waals surface area contributed by atoms with Crippen LogP contribution >= 0.6 is 15.9 Å². The van der Waals surface area contributed by atoms with Gasteiger partial charge in [-0.05, 0) is 53.9 Å². The standard InChI is InChI=1S/C23H20BrFN2O2/c24-21-10-2-1-6-17(21)11-12-22(28)26-15-16-5-3-9-20(13-16)27-23(29)18-7-4-8-19(25)14-18/h1-10,13-14H,11-12,15H2,(H,26,28)(H,27,29). The third kappa shape index (κ3) is 6.26. The fraction of sp³-hybridized carbons (Fsp3) is 0.130. The lowest BCUT2D eigenvalue weighted by atomic mass is 10.1. The van der Waals surface area contributed by atoms with Crippen LogP contribution in [0, 0.1) is 5.82 Å². The van der Waals surface area contributed by atoms with E-state index in [1.807, 2.05) is 30.3 Å². The molecule has 0 atom stereocenters. The minimum Gasteiger partial charge on any atom is -0.352 e. The number of amides is 2. The van der Waals surface area contributed by atoms with Crippen molar-refractivity contribution >= 4 is 33.4 Å². The molecule has 0 aliphatic carbocycles. The highest BCUT2D eigenvalue weighted by atomic mass is 79.9. The molecule has 3 rings (SSSR count). The normalized spacial score (nSPS) is 10.4. The molecule has 148 valence electrons. The maximum absolute atomic E-state index is 13.3. The molecular weight excluding hydrogens is 435 g/mol. The van der Waals surface area contributed by atoms with Gasteiger partial charge in [0.25, 0.3) is 5.91 Å². The Bertz CT molecular complexity index is 1020. The van der Waals surface area contributed by atoms with Crippen LogP contribution in [0.5, 0.6) is 0 Å². The van der Waals surface area contributed by atoms with Crippen LogP contribution in [0.2, 0.25) is 0 Å². The summed E-state index contributed by atoms with van der Waals surface area (Å²) in [5.74, 6) is -0.897. The molecule has 6 heteroatoms. The first-order chi connectivity index (χ1) is 14.0. The van der Waals surface area contributed by atoms with Crippen molar-refractivity contribution in [3.8, 4) is 0 Å². The zero-order valence-corrected chi connectivity index (χ0v) is 17.2. The highest BCUT2D eigenvalue weighted by Gasteiger charge is 2.08. The van der Waals surface area contributed by atoms with Crippen molar-refractivity contribution < 1.29 is 14.0 Å². The topological polar surface area (TPSA) is 58.2 Å². The molecule has 0 fully saturated rings. The van der Waals surface area contributed by atoms with E-state index >= 15 is 0 Å². The molecule has 0 unspecified atom stereocenters. The molecule has 0 saturated heterocycles. The zero-order chi connectivity index (χ0) is 20.6. The van der Waals surface area contributed by atoms with Crippen molar-refractivity contribution in [2.24, 2.45) is 0 Å². The molecule has 0 bridgehead atoms. The maximum atomic E-state index is 13.3. The van der Waals surface area contributed by atoms with Gasteiger partial charge < -0.3 is 10.6 Å². The number of aryl methyl sites for hydroxylation is 1.